The van der Waals surface area contributed by atoms with Crippen LogP contribution in [-0.4, -0.2) is 182 Å². The molecule has 20 nitrogen and oxygen atoms in total. The predicted octanol–water partition coefficient (Wildman–Crippen LogP) is 7.79. The first-order valence-corrected chi connectivity index (χ1v) is 37.0. The number of aldehydes is 1. The molecule has 0 aromatic rings. The molecule has 94 heavy (non-hydrogen) atoms. The van der Waals surface area contributed by atoms with E-state index in [4.69, 9.17) is 33.2 Å². The number of alkyl carbamates (subject to hydrolysis) is 1. The average Bonchev–Trinajstić information content (AvgIpc) is 0.678. The van der Waals surface area contributed by atoms with E-state index in [-0.39, 0.29) is 46.8 Å². The van der Waals surface area contributed by atoms with Crippen LogP contribution in [0, 0.1) is 103 Å². The van der Waals surface area contributed by atoms with Crippen molar-refractivity contribution in [1.29, 1.82) is 0 Å². The van der Waals surface area contributed by atoms with E-state index >= 15 is 4.79 Å². The van der Waals surface area contributed by atoms with Crippen molar-refractivity contribution in [3.8, 4) is 0 Å². The summed E-state index contributed by atoms with van der Waals surface area (Å²) in [6.45, 7) is 25.3. The number of amides is 1. The highest BCUT2D eigenvalue weighted by molar-refractivity contribution is 5.81. The van der Waals surface area contributed by atoms with Gasteiger partial charge in [-0.3, -0.25) is 4.79 Å². The van der Waals surface area contributed by atoms with E-state index in [0.717, 1.165) is 55.6 Å². The molecular weight excluding hydrogens is 1210 g/mol. The molecule has 0 bridgehead atoms. The Kier molecular flexibility index (Phi) is 19.9. The number of allylic oxidation sites excluding steroid dienone is 2. The Morgan fingerprint density at radius 2 is 1.46 bits per heavy atom. The summed E-state index contributed by atoms with van der Waals surface area (Å²) in [5.41, 5.74) is -0.556. The summed E-state index contributed by atoms with van der Waals surface area (Å²) in [6.07, 6.45) is -5.54. The van der Waals surface area contributed by atoms with Crippen molar-refractivity contribution in [2.24, 2.45) is 103 Å². The van der Waals surface area contributed by atoms with Crippen LogP contribution in [0.5, 0.6) is 0 Å². The lowest BCUT2D eigenvalue weighted by atomic mass is 9.23. The number of hydrogen-bond donors (Lipinski definition) is 10. The van der Waals surface area contributed by atoms with Crippen molar-refractivity contribution in [2.75, 3.05) is 13.2 Å². The summed E-state index contributed by atoms with van der Waals surface area (Å²) in [7, 11) is 0. The van der Waals surface area contributed by atoms with Crippen LogP contribution in [0.25, 0.3) is 0 Å². The van der Waals surface area contributed by atoms with Crippen molar-refractivity contribution >= 4 is 18.3 Å². The maximum atomic E-state index is 15.8. The second kappa shape index (κ2) is 26.2. The van der Waals surface area contributed by atoms with Gasteiger partial charge in [0.25, 0.3) is 0 Å². The van der Waals surface area contributed by atoms with Crippen molar-refractivity contribution < 1.29 is 93.5 Å². The number of aliphatic hydroxyl groups is 9. The number of esters is 1. The van der Waals surface area contributed by atoms with Crippen LogP contribution in [0.15, 0.2) is 11.1 Å². The second-order valence-electron chi connectivity index (χ2n) is 34.9. The lowest BCUT2D eigenvalue weighted by Crippen LogP contribution is -2.75. The highest BCUT2D eigenvalue weighted by Gasteiger charge is 2.80. The summed E-state index contributed by atoms with van der Waals surface area (Å²) >= 11 is 0. The fourth-order valence-corrected chi connectivity index (χ4v) is 24.5. The van der Waals surface area contributed by atoms with Gasteiger partial charge in [-0.05, 0) is 197 Å². The minimum atomic E-state index is -1.95. The van der Waals surface area contributed by atoms with Crippen LogP contribution < -0.4 is 5.32 Å². The van der Waals surface area contributed by atoms with E-state index in [1.165, 1.54) is 69.4 Å². The lowest BCUT2D eigenvalue weighted by Gasteiger charge is -2.81. The molecule has 1 amide bonds. The molecule has 1 spiro atoms. The quantitative estimate of drug-likeness (QED) is 0.0356. The molecule has 12 aliphatic rings. The highest BCUT2D eigenvalue weighted by atomic mass is 16.8. The van der Waals surface area contributed by atoms with Crippen molar-refractivity contribution in [3.05, 3.63) is 11.1 Å². The topological polar surface area (TPSA) is 310 Å². The van der Waals surface area contributed by atoms with Gasteiger partial charge in [0.05, 0.1) is 43.0 Å². The van der Waals surface area contributed by atoms with Crippen LogP contribution in [0.3, 0.4) is 0 Å². The van der Waals surface area contributed by atoms with Gasteiger partial charge in [-0.15, -0.1) is 0 Å². The maximum Gasteiger partial charge on any atom is 0.407 e. The van der Waals surface area contributed by atoms with Crippen molar-refractivity contribution in [1.82, 2.24) is 5.32 Å². The van der Waals surface area contributed by atoms with Crippen LogP contribution >= 0.6 is 0 Å². The Morgan fingerprint density at radius 3 is 2.16 bits per heavy atom. The number of rotatable bonds is 18. The molecule has 0 aromatic carbocycles. The van der Waals surface area contributed by atoms with Gasteiger partial charge in [-0.1, -0.05) is 107 Å². The second-order valence-corrected chi connectivity index (χ2v) is 34.9. The van der Waals surface area contributed by atoms with Crippen LogP contribution in [0.4, 0.5) is 4.79 Å². The number of aliphatic hydroxyl groups excluding tert-OH is 9. The van der Waals surface area contributed by atoms with Gasteiger partial charge in [0.2, 0.25) is 6.29 Å². The normalized spacial score (nSPS) is 50.6. The molecule has 11 fully saturated rings. The molecule has 17 unspecified atom stereocenters. The molecule has 20 heteroatoms. The number of nitrogens with one attached hydrogen (secondary N) is 1. The van der Waals surface area contributed by atoms with Gasteiger partial charge in [-0.25, -0.2) is 4.79 Å². The van der Waals surface area contributed by atoms with Gasteiger partial charge in [0.1, 0.15) is 66.6 Å². The Balaban J connectivity index is 0.771. The van der Waals surface area contributed by atoms with Gasteiger partial charge in [-0.2, -0.15) is 0 Å². The molecular formula is C74H119NO19. The number of carbonyl (C=O) groups is 3. The third-order valence-electron chi connectivity index (χ3n) is 29.7. The minimum Gasteiger partial charge on any atom is -0.446 e. The zero-order chi connectivity index (χ0) is 67.9. The predicted molar refractivity (Wildman–Crippen MR) is 344 cm³/mol. The molecule has 534 valence electrons. The van der Waals surface area contributed by atoms with E-state index in [1.54, 1.807) is 0 Å². The summed E-state index contributed by atoms with van der Waals surface area (Å²) in [5.74, 6) is 3.67. The first-order valence-electron chi connectivity index (χ1n) is 37.0. The Hall–Kier alpha value is -2.41. The summed E-state index contributed by atoms with van der Waals surface area (Å²) < 4.78 is 43.3. The molecule has 12 rings (SSSR count). The molecule has 3 aliphatic heterocycles. The number of hydrogen-bond acceptors (Lipinski definition) is 19. The van der Waals surface area contributed by atoms with Crippen molar-refractivity contribution in [2.45, 2.75) is 316 Å². The molecule has 33 atom stereocenters. The number of carbonyl (C=O) groups excluding carboxylic acids is 3. The fourth-order valence-electron chi connectivity index (χ4n) is 24.5. The van der Waals surface area contributed by atoms with Gasteiger partial charge in [0.15, 0.2) is 18.7 Å². The van der Waals surface area contributed by atoms with Gasteiger partial charge in [0, 0.05) is 10.8 Å². The molecule has 3 heterocycles. The fraction of sp³-hybridized carbons (Fsp3) is 0.932. The SMILES string of the molecule is CCC(O)C(C)(C=O)[C@H]1CC[C@]23C(=C4C5C[C@H](C)CCC5(C(=O)O[C@@H]5O[C@H](CO)C(NC(=O)O[C@H]6CCC7(C)C8CCC9(C)C([C@H](C)CCCC(C)C)CC[C@H]9[C@@H]8CC[C@H]7C6)C(O)C5O[C@@H]5O[C@H](C)C(O[C@@H]6OC[C@@H](O)C(O)C6O)C(O)C5O)[C@H](O)C[C@]42C)CC3C1(C)C. The Bertz CT molecular complexity index is 2780. The minimum absolute atomic E-state index is 0.0817. The van der Waals surface area contributed by atoms with Crippen LogP contribution in [0.1, 0.15) is 212 Å². The van der Waals surface area contributed by atoms with E-state index in [9.17, 15) is 55.5 Å². The lowest BCUT2D eigenvalue weighted by molar-refractivity contribution is -0.370. The Morgan fingerprint density at radius 1 is 0.755 bits per heavy atom. The summed E-state index contributed by atoms with van der Waals surface area (Å²) in [6, 6.07) is -1.45. The average molecular weight is 1330 g/mol. The number of fused-ring (bicyclic) bond motifs is 8. The molecule has 10 N–H and O–H groups in total. The highest BCUT2D eigenvalue weighted by Crippen LogP contribution is 2.86. The van der Waals surface area contributed by atoms with E-state index in [0.29, 0.717) is 61.7 Å². The molecule has 8 saturated carbocycles. The third-order valence-corrected chi connectivity index (χ3v) is 29.7. The van der Waals surface area contributed by atoms with E-state index < -0.39 is 152 Å². The van der Waals surface area contributed by atoms with Gasteiger partial charge < -0.3 is 89.2 Å². The monoisotopic (exact) mass is 1330 g/mol. The first kappa shape index (κ1) is 71.4. The maximum absolute atomic E-state index is 15.8. The summed E-state index contributed by atoms with van der Waals surface area (Å²) in [4.78, 5) is 43.2. The van der Waals surface area contributed by atoms with Crippen LogP contribution in [-0.2, 0) is 42.7 Å². The zero-order valence-corrected chi connectivity index (χ0v) is 58.4. The van der Waals surface area contributed by atoms with Crippen molar-refractivity contribution in [3.63, 3.8) is 0 Å². The zero-order valence-electron chi connectivity index (χ0n) is 58.4. The summed E-state index contributed by atoms with van der Waals surface area (Å²) in [5, 5.41) is 106. The number of ether oxygens (including phenoxy) is 7. The molecule has 0 aromatic heterocycles. The Labute approximate surface area is 558 Å². The smallest absolute Gasteiger partial charge is 0.407 e. The molecule has 9 aliphatic carbocycles. The standard InChI is InChI=1S/C74H119NO19/c1-13-52(79)71(11,35-77)50-24-28-74-47(31-51(74)68(50,7)8)54-46-29-37(4)21-27-73(46,53(80)32-72(54,74)12)66(86)94-65-62(93-64-60(85)58(83)61(39(6)89-64)92-63-59(84)56(81)48(78)34-88-63)57(82)55(49(33-76)91-65)75-67(87)90-41-22-25-69(9)40(30-41)17-18-42-44-20-19-43(38(5)16-14-15-36(2)3)70(44,10)26-23-45(42)69/h35-46,48-53,55-65,76,78-85H,13-34H2,1-12H3,(H,75,87)/t37-,38-,39-,40+,41+,42+,43?,44+,45?,46?,48-,49-,50+,51?,52?,53-,55?,56?,57?,58?,59?,60?,61?,62?,63+,64+,65+,69?,70?,71?,72-,73?,74-/m1/s1. The van der Waals surface area contributed by atoms with E-state index in [2.05, 4.69) is 67.6 Å². The molecule has 0 radical (unpaired) electrons. The van der Waals surface area contributed by atoms with Gasteiger partial charge >= 0.3 is 12.1 Å². The molecule has 3 saturated heterocycles. The first-order chi connectivity index (χ1) is 44.3. The van der Waals surface area contributed by atoms with E-state index in [1.807, 2.05) is 13.8 Å². The van der Waals surface area contributed by atoms with Crippen LogP contribution in [0.2, 0.25) is 0 Å². The third kappa shape index (κ3) is 11.1. The largest absolute Gasteiger partial charge is 0.446 e.